The number of ether oxygens (including phenoxy) is 2. The molecule has 0 aliphatic carbocycles. The van der Waals surface area contributed by atoms with Crippen LogP contribution in [0, 0.1) is 17.2 Å². The number of nitriles is 1. The van der Waals surface area contributed by atoms with Gasteiger partial charge in [0.05, 0.1) is 28.8 Å². The number of aliphatic hydroxyl groups excluding tert-OH is 1. The molecule has 12 nitrogen and oxygen atoms in total. The smallest absolute Gasteiger partial charge is 0.244 e. The van der Waals surface area contributed by atoms with Gasteiger partial charge in [0, 0.05) is 36.9 Å². The first kappa shape index (κ1) is 29.4. The number of sulfonamides is 2. The van der Waals surface area contributed by atoms with Crippen molar-refractivity contribution in [3.05, 3.63) is 48.3 Å². The molecule has 3 N–H and O–H groups in total. The van der Waals surface area contributed by atoms with Crippen molar-refractivity contribution in [2.45, 2.75) is 53.6 Å². The van der Waals surface area contributed by atoms with Crippen LogP contribution in [0.1, 0.15) is 37.7 Å². The lowest BCUT2D eigenvalue weighted by Crippen LogP contribution is -2.46. The third-order valence-electron chi connectivity index (χ3n) is 7.92. The summed E-state index contributed by atoms with van der Waals surface area (Å²) >= 11 is 0. The van der Waals surface area contributed by atoms with Crippen LogP contribution in [0.2, 0.25) is 0 Å². The predicted octanol–water partition coefficient (Wildman–Crippen LogP) is 2.12. The number of nitrogens with zero attached hydrogens (tertiary/aromatic N) is 3. The van der Waals surface area contributed by atoms with E-state index < -0.39 is 26.2 Å². The molecule has 1 aromatic carbocycles. The van der Waals surface area contributed by atoms with E-state index in [1.165, 1.54) is 41.9 Å². The largest absolute Gasteiger partial charge is 0.491 e. The Morgan fingerprint density at radius 3 is 2.78 bits per heavy atom. The monoisotopic (exact) mass is 603 g/mol. The number of rotatable bonds is 10. The second-order valence-corrected chi connectivity index (χ2v) is 14.4. The number of H-pyrrole nitrogens is 1. The van der Waals surface area contributed by atoms with Crippen molar-refractivity contribution >= 4 is 31.1 Å². The highest BCUT2D eigenvalue weighted by molar-refractivity contribution is 7.89. The topological polar surface area (TPSA) is 175 Å². The van der Waals surface area contributed by atoms with E-state index in [0.717, 1.165) is 12.8 Å². The number of aliphatic hydroxyl groups is 1. The summed E-state index contributed by atoms with van der Waals surface area (Å²) in [6, 6.07) is 9.65. The fraction of sp³-hybridized carbons (Fsp3) is 0.481. The van der Waals surface area contributed by atoms with Gasteiger partial charge in [-0.15, -0.1) is 0 Å². The zero-order valence-corrected chi connectivity index (χ0v) is 24.2. The predicted molar refractivity (Wildman–Crippen MR) is 149 cm³/mol. The normalized spacial score (nSPS) is 20.3. The van der Waals surface area contributed by atoms with Crippen molar-refractivity contribution in [3.63, 3.8) is 0 Å². The van der Waals surface area contributed by atoms with E-state index in [4.69, 9.17) is 9.47 Å². The molecular weight excluding hydrogens is 570 g/mol. The Kier molecular flexibility index (Phi) is 8.38. The molecular formula is C27H33N5O7S2. The second-order valence-electron chi connectivity index (χ2n) is 10.6. The van der Waals surface area contributed by atoms with E-state index in [2.05, 4.69) is 14.7 Å². The summed E-state index contributed by atoms with van der Waals surface area (Å²) in [7, 11) is -6.02. The van der Waals surface area contributed by atoms with E-state index in [9.17, 15) is 27.2 Å². The van der Waals surface area contributed by atoms with Gasteiger partial charge < -0.3 is 19.6 Å². The van der Waals surface area contributed by atoms with Crippen molar-refractivity contribution < 1.29 is 31.4 Å². The Morgan fingerprint density at radius 1 is 1.27 bits per heavy atom. The Hall–Kier alpha value is -3.06. The van der Waals surface area contributed by atoms with Gasteiger partial charge in [0.1, 0.15) is 29.0 Å². The van der Waals surface area contributed by atoms with E-state index in [1.807, 2.05) is 6.07 Å². The van der Waals surface area contributed by atoms with Crippen molar-refractivity contribution in [2.75, 3.05) is 33.4 Å². The van der Waals surface area contributed by atoms with Crippen LogP contribution >= 0.6 is 0 Å². The highest BCUT2D eigenvalue weighted by Gasteiger charge is 2.44. The van der Waals surface area contributed by atoms with E-state index >= 15 is 0 Å². The average Bonchev–Trinajstić information content (AvgIpc) is 3.58. The van der Waals surface area contributed by atoms with Gasteiger partial charge in [-0.1, -0.05) is 6.07 Å². The molecule has 4 heterocycles. The standard InChI is InChI=1S/C27H33N5O7S2/c1-29-40(34,35)23-4-2-3-22(11-23)38-18-21(33)6-5-19-13-27(39-17-19)7-9-32(10-8-27)41(36,37)24-12-25-20(14-28)15-30-26(25)31-16-24/h2-4,11-12,15-16,19,21,29,33H,5-10,13,17-18H2,1H3,(H,30,31)/t19-,21+/m1/s1. The van der Waals surface area contributed by atoms with Gasteiger partial charge in [-0.25, -0.2) is 26.5 Å². The quantitative estimate of drug-likeness (QED) is 0.313. The number of hydrogen-bond donors (Lipinski definition) is 3. The third kappa shape index (κ3) is 6.25. The van der Waals surface area contributed by atoms with Gasteiger partial charge in [-0.05, 0) is 63.3 Å². The lowest BCUT2D eigenvalue weighted by molar-refractivity contribution is -0.0314. The highest BCUT2D eigenvalue weighted by atomic mass is 32.2. The minimum atomic E-state index is -3.77. The number of aromatic nitrogens is 2. The number of hydrogen-bond acceptors (Lipinski definition) is 9. The Balaban J connectivity index is 1.10. The first-order valence-electron chi connectivity index (χ1n) is 13.4. The van der Waals surface area contributed by atoms with E-state index in [1.54, 1.807) is 12.1 Å². The minimum Gasteiger partial charge on any atom is -0.491 e. The van der Waals surface area contributed by atoms with Crippen LogP contribution in [-0.4, -0.2) is 81.3 Å². The first-order valence-corrected chi connectivity index (χ1v) is 16.3. The third-order valence-corrected chi connectivity index (χ3v) is 11.2. The summed E-state index contributed by atoms with van der Waals surface area (Å²) in [5.74, 6) is 0.598. The summed E-state index contributed by atoms with van der Waals surface area (Å²) in [6.07, 6.45) is 5.27. The van der Waals surface area contributed by atoms with Crippen molar-refractivity contribution in [1.82, 2.24) is 19.0 Å². The molecule has 5 rings (SSSR count). The molecule has 2 saturated heterocycles. The van der Waals surface area contributed by atoms with Crippen LogP contribution in [0.4, 0.5) is 0 Å². The molecule has 0 amide bonds. The van der Waals surface area contributed by atoms with Gasteiger partial charge in [0.15, 0.2) is 0 Å². The number of aromatic amines is 1. The molecule has 220 valence electrons. The highest BCUT2D eigenvalue weighted by Crippen LogP contribution is 2.41. The van der Waals surface area contributed by atoms with Crippen LogP contribution in [0.25, 0.3) is 11.0 Å². The molecule has 0 unspecified atom stereocenters. The van der Waals surface area contributed by atoms with E-state index in [-0.39, 0.29) is 27.9 Å². The molecule has 0 radical (unpaired) electrons. The number of nitrogens with one attached hydrogen (secondary N) is 2. The Morgan fingerprint density at radius 2 is 2.05 bits per heavy atom. The minimum absolute atomic E-state index is 0.0356. The van der Waals surface area contributed by atoms with E-state index in [0.29, 0.717) is 61.3 Å². The molecule has 0 bridgehead atoms. The molecule has 1 spiro atoms. The van der Waals surface area contributed by atoms with Crippen LogP contribution in [0.15, 0.2) is 52.5 Å². The van der Waals surface area contributed by atoms with Gasteiger partial charge in [-0.2, -0.15) is 9.57 Å². The molecule has 3 aromatic rings. The van der Waals surface area contributed by atoms with Crippen molar-refractivity contribution in [1.29, 1.82) is 5.26 Å². The van der Waals surface area contributed by atoms with Crippen molar-refractivity contribution in [2.24, 2.45) is 5.92 Å². The Labute approximate surface area is 239 Å². The molecule has 14 heteroatoms. The zero-order valence-electron chi connectivity index (χ0n) is 22.6. The number of benzene rings is 1. The van der Waals surface area contributed by atoms with Gasteiger partial charge >= 0.3 is 0 Å². The summed E-state index contributed by atoms with van der Waals surface area (Å²) in [4.78, 5) is 7.20. The maximum absolute atomic E-state index is 13.3. The summed E-state index contributed by atoms with van der Waals surface area (Å²) in [5.41, 5.74) is 0.432. The summed E-state index contributed by atoms with van der Waals surface area (Å²) in [5, 5.41) is 20.2. The van der Waals surface area contributed by atoms with Crippen LogP contribution in [0.3, 0.4) is 0 Å². The summed E-state index contributed by atoms with van der Waals surface area (Å²) in [6.45, 7) is 1.23. The lowest BCUT2D eigenvalue weighted by Gasteiger charge is -2.38. The first-order chi connectivity index (χ1) is 19.5. The number of pyridine rings is 1. The van der Waals surface area contributed by atoms with Crippen LogP contribution in [-0.2, 0) is 24.8 Å². The molecule has 2 aliphatic rings. The van der Waals surface area contributed by atoms with Gasteiger partial charge in [0.25, 0.3) is 0 Å². The SMILES string of the molecule is CNS(=O)(=O)c1cccc(OC[C@@H](O)CC[C@H]2COC3(CCN(S(=O)(=O)c4cnc5[nH]cc(C#N)c5c4)CC3)C2)c1. The molecule has 2 atom stereocenters. The van der Waals surface area contributed by atoms with Crippen LogP contribution in [0.5, 0.6) is 5.75 Å². The molecule has 2 fully saturated rings. The molecule has 2 aromatic heterocycles. The second kappa shape index (κ2) is 11.7. The molecule has 41 heavy (non-hydrogen) atoms. The summed E-state index contributed by atoms with van der Waals surface area (Å²) < 4.78 is 66.2. The van der Waals surface area contributed by atoms with Crippen LogP contribution < -0.4 is 9.46 Å². The molecule has 2 aliphatic heterocycles. The van der Waals surface area contributed by atoms with Crippen molar-refractivity contribution in [3.8, 4) is 11.8 Å². The lowest BCUT2D eigenvalue weighted by atomic mass is 9.84. The maximum Gasteiger partial charge on any atom is 0.244 e. The number of fused-ring (bicyclic) bond motifs is 1. The fourth-order valence-electron chi connectivity index (χ4n) is 5.53. The van der Waals surface area contributed by atoms with Gasteiger partial charge in [-0.3, -0.25) is 0 Å². The maximum atomic E-state index is 13.3. The zero-order chi connectivity index (χ0) is 29.3. The fourth-order valence-corrected chi connectivity index (χ4v) is 7.71. The average molecular weight is 604 g/mol. The molecule has 0 saturated carbocycles. The van der Waals surface area contributed by atoms with Gasteiger partial charge in [0.2, 0.25) is 20.0 Å². The Bertz CT molecular complexity index is 1660. The number of piperidine rings is 1.